The topological polar surface area (TPSA) is 138 Å². The fourth-order valence-corrected chi connectivity index (χ4v) is 6.89. The van der Waals surface area contributed by atoms with E-state index in [1.165, 1.54) is 25.2 Å². The van der Waals surface area contributed by atoms with Crippen LogP contribution in [0.4, 0.5) is 32.4 Å². The van der Waals surface area contributed by atoms with Crippen molar-refractivity contribution in [2.45, 2.75) is 43.6 Å². The van der Waals surface area contributed by atoms with Crippen molar-refractivity contribution in [3.05, 3.63) is 52.7 Å². The first-order valence-corrected chi connectivity index (χ1v) is 15.8. The van der Waals surface area contributed by atoms with Gasteiger partial charge in [-0.05, 0) is 31.2 Å². The normalized spacial score (nSPS) is 25.5. The third-order valence-electron chi connectivity index (χ3n) is 9.50. The van der Waals surface area contributed by atoms with Crippen LogP contribution in [0.1, 0.15) is 39.5 Å². The van der Waals surface area contributed by atoms with Crippen LogP contribution in [-0.2, 0) is 19.8 Å². The lowest BCUT2D eigenvalue weighted by Crippen LogP contribution is -2.46. The molecule has 1 aromatic carbocycles. The predicted molar refractivity (Wildman–Crippen MR) is 162 cm³/mol. The number of carbonyl (C=O) groups excluding carboxylic acids is 3. The fourth-order valence-electron chi connectivity index (χ4n) is 6.62. The number of likely N-dealkylation sites (tertiary alicyclic amines) is 1. The summed E-state index contributed by atoms with van der Waals surface area (Å²) in [5, 5.41) is 15.4. The van der Waals surface area contributed by atoms with Crippen LogP contribution in [-0.4, -0.2) is 86.3 Å². The lowest BCUT2D eigenvalue weighted by molar-refractivity contribution is -0.141. The highest BCUT2D eigenvalue weighted by molar-refractivity contribution is 6.34. The van der Waals surface area contributed by atoms with Crippen molar-refractivity contribution in [1.29, 1.82) is 0 Å². The highest BCUT2D eigenvalue weighted by atomic mass is 35.5. The fraction of sp³-hybridized carbons (Fsp3) is 0.500. The van der Waals surface area contributed by atoms with Gasteiger partial charge in [-0.15, -0.1) is 0 Å². The van der Waals surface area contributed by atoms with Gasteiger partial charge in [0, 0.05) is 81.4 Å². The minimum absolute atomic E-state index is 0.0614. The molecule has 0 spiro atoms. The molecule has 4 aliphatic rings. The summed E-state index contributed by atoms with van der Waals surface area (Å²) < 4.78 is 70.2. The Balaban J connectivity index is 0.967. The lowest BCUT2D eigenvalue weighted by Gasteiger charge is -2.23. The number of piperidine rings is 1. The predicted octanol–water partition coefficient (Wildman–Crippen LogP) is 3.59. The Kier molecular flexibility index (Phi) is 7.89. The number of fused-ring (bicyclic) bond motifs is 1. The van der Waals surface area contributed by atoms with Gasteiger partial charge < -0.3 is 30.7 Å². The van der Waals surface area contributed by atoms with Gasteiger partial charge in [0.15, 0.2) is 11.5 Å². The van der Waals surface area contributed by atoms with Crippen LogP contribution in [0.3, 0.4) is 0 Å². The van der Waals surface area contributed by atoms with E-state index in [4.69, 9.17) is 11.6 Å². The molecule has 0 radical (unpaired) electrons. The van der Waals surface area contributed by atoms with Gasteiger partial charge in [0.2, 0.25) is 0 Å². The zero-order valence-electron chi connectivity index (χ0n) is 25.5. The molecule has 4 heterocycles. The first kappa shape index (κ1) is 32.3. The second kappa shape index (κ2) is 11.7. The molecule has 2 aliphatic heterocycles. The van der Waals surface area contributed by atoms with E-state index in [2.05, 4.69) is 31.3 Å². The van der Waals surface area contributed by atoms with Crippen molar-refractivity contribution in [2.24, 2.45) is 24.8 Å². The van der Waals surface area contributed by atoms with E-state index in [9.17, 15) is 36.3 Å². The Bertz CT molecular complexity index is 1780. The van der Waals surface area contributed by atoms with Crippen LogP contribution in [0.5, 0.6) is 0 Å². The van der Waals surface area contributed by atoms with Gasteiger partial charge in [0.1, 0.15) is 0 Å². The Morgan fingerprint density at radius 1 is 1.12 bits per heavy atom. The number of benzene rings is 1. The van der Waals surface area contributed by atoms with Gasteiger partial charge in [0.25, 0.3) is 17.7 Å². The molecule has 256 valence electrons. The highest BCUT2D eigenvalue weighted by Crippen LogP contribution is 2.50. The number of amides is 4. The molecular formula is C30H31ClF5N9O3. The van der Waals surface area contributed by atoms with E-state index < -0.39 is 47.5 Å². The van der Waals surface area contributed by atoms with Gasteiger partial charge in [-0.25, -0.2) is 18.6 Å². The number of carbonyl (C=O) groups is 3. The molecule has 5 atom stereocenters. The summed E-state index contributed by atoms with van der Waals surface area (Å²) >= 11 is 6.40. The van der Waals surface area contributed by atoms with Crippen molar-refractivity contribution in [1.82, 2.24) is 40.2 Å². The molecule has 48 heavy (non-hydrogen) atoms. The van der Waals surface area contributed by atoms with E-state index in [0.29, 0.717) is 13.1 Å². The summed E-state index contributed by atoms with van der Waals surface area (Å²) in [6.45, 7) is 2.36. The van der Waals surface area contributed by atoms with Gasteiger partial charge in [-0.1, -0.05) is 11.6 Å². The van der Waals surface area contributed by atoms with Gasteiger partial charge in [-0.3, -0.25) is 14.3 Å². The highest BCUT2D eigenvalue weighted by Gasteiger charge is 2.58. The standard InChI is InChI=1S/C30H31ClF5N9O3/c1-43-22(20-13-45(10-14-7-29(14,32)33)42-24(20)30(34,35)36)9-38-25(43)27(47)39-15-2-3-17(21(31)6-15)26(46)41-23-18-11-44(12-19(18)23)28(48)40-16-4-5-37-8-16/h2-3,6,9,13-14,16,18-19,23,37H,4-5,7-8,10-12H2,1H3,(H,39,47)(H,40,48)(H,41,46)/t14?,16-,18-,19+,23?/m0/s1. The van der Waals surface area contributed by atoms with Crippen LogP contribution >= 0.6 is 11.6 Å². The summed E-state index contributed by atoms with van der Waals surface area (Å²) in [6, 6.07) is 4.22. The third-order valence-corrected chi connectivity index (χ3v) is 9.81. The van der Waals surface area contributed by atoms with E-state index >= 15 is 0 Å². The largest absolute Gasteiger partial charge is 0.435 e. The molecule has 7 rings (SSSR count). The first-order chi connectivity index (χ1) is 22.7. The van der Waals surface area contributed by atoms with Crippen LogP contribution in [0.25, 0.3) is 11.3 Å². The third kappa shape index (κ3) is 6.20. The van der Waals surface area contributed by atoms with E-state index in [1.807, 2.05) is 0 Å². The lowest BCUT2D eigenvalue weighted by atomic mass is 10.2. The number of hydrogen-bond acceptors (Lipinski definition) is 6. The smallest absolute Gasteiger partial charge is 0.349 e. The Morgan fingerprint density at radius 3 is 2.48 bits per heavy atom. The number of rotatable bonds is 8. The summed E-state index contributed by atoms with van der Waals surface area (Å²) in [5.74, 6) is -5.11. The molecule has 12 nitrogen and oxygen atoms in total. The number of hydrogen-bond donors (Lipinski definition) is 4. The minimum atomic E-state index is -4.88. The molecule has 2 aliphatic carbocycles. The average molecular weight is 696 g/mol. The monoisotopic (exact) mass is 695 g/mol. The summed E-state index contributed by atoms with van der Waals surface area (Å²) in [6.07, 6.45) is -2.31. The Hall–Kier alpha value is -4.25. The molecule has 2 saturated carbocycles. The second-order valence-electron chi connectivity index (χ2n) is 12.8. The number of imidazole rings is 1. The number of alkyl halides is 5. The summed E-state index contributed by atoms with van der Waals surface area (Å²) in [4.78, 5) is 44.4. The summed E-state index contributed by atoms with van der Waals surface area (Å²) in [5.41, 5.74) is -1.38. The number of nitrogens with zero attached hydrogens (tertiary/aromatic N) is 5. The van der Waals surface area contributed by atoms with Gasteiger partial charge in [-0.2, -0.15) is 18.3 Å². The average Bonchev–Trinajstić information content (AvgIpc) is 3.49. The minimum Gasteiger partial charge on any atom is -0.349 e. The Labute approximate surface area is 275 Å². The van der Waals surface area contributed by atoms with Crippen LogP contribution in [0.15, 0.2) is 30.6 Å². The number of anilines is 1. The van der Waals surface area contributed by atoms with Gasteiger partial charge in [0.05, 0.1) is 28.0 Å². The van der Waals surface area contributed by atoms with Crippen LogP contribution < -0.4 is 21.3 Å². The number of nitrogens with one attached hydrogen (secondary N) is 4. The zero-order chi connectivity index (χ0) is 34.1. The van der Waals surface area contributed by atoms with E-state index in [0.717, 1.165) is 41.2 Å². The quantitative estimate of drug-likeness (QED) is 0.266. The van der Waals surface area contributed by atoms with Crippen molar-refractivity contribution < 1.29 is 36.3 Å². The molecule has 4 N–H and O–H groups in total. The molecule has 4 fully saturated rings. The van der Waals surface area contributed by atoms with Crippen molar-refractivity contribution in [3.8, 4) is 11.3 Å². The van der Waals surface area contributed by atoms with E-state index in [-0.39, 0.29) is 64.3 Å². The zero-order valence-corrected chi connectivity index (χ0v) is 26.2. The molecular weight excluding hydrogens is 665 g/mol. The van der Waals surface area contributed by atoms with Gasteiger partial charge >= 0.3 is 12.2 Å². The molecule has 18 heteroatoms. The molecule has 2 saturated heterocycles. The number of urea groups is 1. The van der Waals surface area contributed by atoms with Crippen LogP contribution in [0, 0.1) is 17.8 Å². The molecule has 2 aromatic heterocycles. The Morgan fingerprint density at radius 2 is 1.85 bits per heavy atom. The molecule has 4 amide bonds. The second-order valence-corrected chi connectivity index (χ2v) is 13.2. The maximum absolute atomic E-state index is 13.8. The maximum atomic E-state index is 13.8. The molecule has 0 bridgehead atoms. The first-order valence-electron chi connectivity index (χ1n) is 15.4. The van der Waals surface area contributed by atoms with Crippen molar-refractivity contribution in [2.75, 3.05) is 31.5 Å². The summed E-state index contributed by atoms with van der Waals surface area (Å²) in [7, 11) is 1.34. The molecule has 3 aromatic rings. The van der Waals surface area contributed by atoms with Crippen molar-refractivity contribution >= 4 is 35.1 Å². The molecule has 2 unspecified atom stereocenters. The van der Waals surface area contributed by atoms with E-state index in [1.54, 1.807) is 4.90 Å². The maximum Gasteiger partial charge on any atom is 0.435 e. The van der Waals surface area contributed by atoms with Crippen molar-refractivity contribution in [3.63, 3.8) is 0 Å². The van der Waals surface area contributed by atoms with Crippen LogP contribution in [0.2, 0.25) is 5.02 Å². The number of aromatic nitrogens is 4. The number of halogens is 6. The SMILES string of the molecule is Cn1c(-c2cn(CC3CC3(F)F)nc2C(F)(F)F)cnc1C(=O)Nc1ccc(C(=O)NC2[C@H]3CN(C(=O)N[C@H]4CCNC4)C[C@@H]23)c(Cl)c1.